The molecule has 0 radical (unpaired) electrons. The van der Waals surface area contributed by atoms with Crippen LogP contribution in [0, 0.1) is 0 Å². The number of hydrogen-bond acceptors (Lipinski definition) is 4. The highest BCUT2D eigenvalue weighted by atomic mass is 79.9. The van der Waals surface area contributed by atoms with Crippen LogP contribution < -0.4 is 4.72 Å². The third-order valence-corrected chi connectivity index (χ3v) is 5.15. The highest BCUT2D eigenvalue weighted by Gasteiger charge is 2.16. The minimum Gasteiger partial charge on any atom is -0.247 e. The highest BCUT2D eigenvalue weighted by Crippen LogP contribution is 2.23. The molecule has 6 nitrogen and oxygen atoms in total. The van der Waals surface area contributed by atoms with Gasteiger partial charge in [0.05, 0.1) is 4.90 Å². The predicted octanol–water partition coefficient (Wildman–Crippen LogP) is 3.05. The Kier molecular flexibility index (Phi) is 4.18. The topological polar surface area (TPSA) is 76.9 Å². The summed E-state index contributed by atoms with van der Waals surface area (Å²) in [4.78, 5) is 4.02. The zero-order valence-corrected chi connectivity index (χ0v) is 14.5. The summed E-state index contributed by atoms with van der Waals surface area (Å²) in [6.45, 7) is 0. The molecule has 8 heteroatoms. The van der Waals surface area contributed by atoms with Crippen molar-refractivity contribution in [3.8, 4) is 11.1 Å². The molecule has 1 aromatic heterocycles. The quantitative estimate of drug-likeness (QED) is 0.739. The fourth-order valence-electron chi connectivity index (χ4n) is 2.04. The number of hydrogen-bond donors (Lipinski definition) is 1. The smallest absolute Gasteiger partial charge is 0.247 e. The largest absolute Gasteiger partial charge is 0.264 e. The first-order chi connectivity index (χ1) is 11.0. The monoisotopic (exact) mass is 392 g/mol. The maximum atomic E-state index is 12.3. The van der Waals surface area contributed by atoms with E-state index < -0.39 is 10.0 Å². The van der Waals surface area contributed by atoms with Crippen LogP contribution in [0.2, 0.25) is 0 Å². The summed E-state index contributed by atoms with van der Waals surface area (Å²) < 4.78 is 29.4. The van der Waals surface area contributed by atoms with Crippen LogP contribution in [0.4, 0.5) is 5.95 Å². The van der Waals surface area contributed by atoms with E-state index in [1.807, 2.05) is 24.3 Å². The first-order valence-corrected chi connectivity index (χ1v) is 8.96. The van der Waals surface area contributed by atoms with E-state index in [1.165, 1.54) is 11.0 Å². The van der Waals surface area contributed by atoms with Crippen LogP contribution in [0.3, 0.4) is 0 Å². The van der Waals surface area contributed by atoms with Crippen LogP contribution in [0.25, 0.3) is 11.1 Å². The molecule has 118 valence electrons. The highest BCUT2D eigenvalue weighted by molar-refractivity contribution is 9.10. The molecule has 0 saturated carbocycles. The van der Waals surface area contributed by atoms with Crippen molar-refractivity contribution in [2.24, 2.45) is 7.05 Å². The second kappa shape index (κ2) is 6.13. The Morgan fingerprint density at radius 2 is 1.57 bits per heavy atom. The molecular formula is C15H13BrN4O2S. The van der Waals surface area contributed by atoms with Gasteiger partial charge in [-0.2, -0.15) is 10.1 Å². The first kappa shape index (κ1) is 15.7. The first-order valence-electron chi connectivity index (χ1n) is 6.68. The Hall–Kier alpha value is -2.19. The SMILES string of the molecule is Cn1ncnc1NS(=O)(=O)c1ccc(-c2ccc(Br)cc2)cc1. The lowest BCUT2D eigenvalue weighted by Crippen LogP contribution is -2.16. The molecular weight excluding hydrogens is 380 g/mol. The summed E-state index contributed by atoms with van der Waals surface area (Å²) in [5, 5.41) is 3.83. The molecule has 3 rings (SSSR count). The van der Waals surface area contributed by atoms with Crippen molar-refractivity contribution in [2.45, 2.75) is 4.90 Å². The fraction of sp³-hybridized carbons (Fsp3) is 0.0667. The maximum absolute atomic E-state index is 12.3. The summed E-state index contributed by atoms with van der Waals surface area (Å²) >= 11 is 3.39. The molecule has 0 aliphatic carbocycles. The molecule has 0 unspecified atom stereocenters. The number of nitrogens with zero attached hydrogens (tertiary/aromatic N) is 3. The van der Waals surface area contributed by atoms with E-state index in [0.717, 1.165) is 15.6 Å². The van der Waals surface area contributed by atoms with Gasteiger partial charge in [0, 0.05) is 11.5 Å². The molecule has 0 aliphatic rings. The van der Waals surface area contributed by atoms with Gasteiger partial charge in [-0.25, -0.2) is 17.8 Å². The van der Waals surface area contributed by atoms with Gasteiger partial charge in [0.15, 0.2) is 0 Å². The van der Waals surface area contributed by atoms with Crippen LogP contribution in [-0.4, -0.2) is 23.2 Å². The van der Waals surface area contributed by atoms with Crippen LogP contribution in [0.5, 0.6) is 0 Å². The zero-order valence-electron chi connectivity index (χ0n) is 12.1. The fourth-order valence-corrected chi connectivity index (χ4v) is 3.34. The van der Waals surface area contributed by atoms with Crippen LogP contribution in [-0.2, 0) is 17.1 Å². The van der Waals surface area contributed by atoms with Gasteiger partial charge in [-0.05, 0) is 35.4 Å². The van der Waals surface area contributed by atoms with Gasteiger partial charge in [0.1, 0.15) is 6.33 Å². The van der Waals surface area contributed by atoms with E-state index in [0.29, 0.717) is 0 Å². The Bertz CT molecular complexity index is 919. The van der Waals surface area contributed by atoms with E-state index in [1.54, 1.807) is 31.3 Å². The Labute approximate surface area is 142 Å². The molecule has 1 heterocycles. The van der Waals surface area contributed by atoms with Crippen molar-refractivity contribution < 1.29 is 8.42 Å². The Morgan fingerprint density at radius 1 is 1.00 bits per heavy atom. The molecule has 0 spiro atoms. The summed E-state index contributed by atoms with van der Waals surface area (Å²) in [7, 11) is -2.08. The normalized spacial score (nSPS) is 11.4. The number of anilines is 1. The number of aromatic nitrogens is 3. The lowest BCUT2D eigenvalue weighted by Gasteiger charge is -2.08. The van der Waals surface area contributed by atoms with Crippen LogP contribution >= 0.6 is 15.9 Å². The average Bonchev–Trinajstić information content (AvgIpc) is 2.93. The molecule has 0 fully saturated rings. The van der Waals surface area contributed by atoms with Gasteiger partial charge < -0.3 is 0 Å². The summed E-state index contributed by atoms with van der Waals surface area (Å²) in [5.74, 6) is 0.169. The third kappa shape index (κ3) is 3.43. The van der Waals surface area contributed by atoms with Crippen molar-refractivity contribution in [1.82, 2.24) is 14.8 Å². The molecule has 0 saturated heterocycles. The molecule has 0 atom stereocenters. The van der Waals surface area contributed by atoms with E-state index in [4.69, 9.17) is 0 Å². The van der Waals surface area contributed by atoms with Crippen LogP contribution in [0.15, 0.2) is 64.2 Å². The molecule has 23 heavy (non-hydrogen) atoms. The number of rotatable bonds is 4. The number of nitrogens with one attached hydrogen (secondary N) is 1. The average molecular weight is 393 g/mol. The number of aryl methyl sites for hydroxylation is 1. The van der Waals surface area contributed by atoms with E-state index >= 15 is 0 Å². The maximum Gasteiger partial charge on any atom is 0.264 e. The van der Waals surface area contributed by atoms with Crippen molar-refractivity contribution in [3.63, 3.8) is 0 Å². The van der Waals surface area contributed by atoms with Crippen molar-refractivity contribution >= 4 is 31.9 Å². The van der Waals surface area contributed by atoms with Gasteiger partial charge in [0.25, 0.3) is 10.0 Å². The van der Waals surface area contributed by atoms with Gasteiger partial charge in [-0.15, -0.1) is 0 Å². The Balaban J connectivity index is 1.86. The van der Waals surface area contributed by atoms with Gasteiger partial charge in [-0.3, -0.25) is 0 Å². The summed E-state index contributed by atoms with van der Waals surface area (Å²) in [6, 6.07) is 14.5. The number of benzene rings is 2. The van der Waals surface area contributed by atoms with E-state index in [2.05, 4.69) is 30.7 Å². The second-order valence-corrected chi connectivity index (χ2v) is 7.44. The van der Waals surface area contributed by atoms with Gasteiger partial charge >= 0.3 is 0 Å². The number of sulfonamides is 1. The van der Waals surface area contributed by atoms with E-state index in [-0.39, 0.29) is 10.8 Å². The molecule has 2 aromatic carbocycles. The standard InChI is InChI=1S/C15H13BrN4O2S/c1-20-15(17-10-18-20)19-23(21,22)14-8-4-12(5-9-14)11-2-6-13(16)7-3-11/h2-10H,1H3,(H,17,18,19). The predicted molar refractivity (Wildman–Crippen MR) is 91.4 cm³/mol. The molecule has 0 bridgehead atoms. The van der Waals surface area contributed by atoms with Crippen molar-refractivity contribution in [3.05, 3.63) is 59.3 Å². The second-order valence-electron chi connectivity index (χ2n) is 4.84. The minimum absolute atomic E-state index is 0.168. The number of halogens is 1. The summed E-state index contributed by atoms with van der Waals surface area (Å²) in [6.07, 6.45) is 1.29. The van der Waals surface area contributed by atoms with Crippen LogP contribution in [0.1, 0.15) is 0 Å². The molecule has 0 aliphatic heterocycles. The minimum atomic E-state index is -3.69. The lowest BCUT2D eigenvalue weighted by atomic mass is 10.1. The van der Waals surface area contributed by atoms with Gasteiger partial charge in [-0.1, -0.05) is 40.2 Å². The molecule has 1 N–H and O–H groups in total. The van der Waals surface area contributed by atoms with Crippen molar-refractivity contribution in [2.75, 3.05) is 4.72 Å². The van der Waals surface area contributed by atoms with Crippen molar-refractivity contribution in [1.29, 1.82) is 0 Å². The third-order valence-electron chi connectivity index (χ3n) is 3.28. The zero-order chi connectivity index (χ0) is 16.4. The summed E-state index contributed by atoms with van der Waals surface area (Å²) in [5.41, 5.74) is 1.95. The van der Waals surface area contributed by atoms with E-state index in [9.17, 15) is 8.42 Å². The van der Waals surface area contributed by atoms with Gasteiger partial charge in [0.2, 0.25) is 5.95 Å². The molecule has 3 aromatic rings. The molecule has 0 amide bonds. The lowest BCUT2D eigenvalue weighted by molar-refractivity contribution is 0.600. The Morgan fingerprint density at radius 3 is 2.09 bits per heavy atom.